The van der Waals surface area contributed by atoms with Crippen LogP contribution in [0.15, 0.2) is 10.7 Å². The van der Waals surface area contributed by atoms with E-state index in [1.807, 2.05) is 25.7 Å². The van der Waals surface area contributed by atoms with Crippen LogP contribution in [-0.4, -0.2) is 40.4 Å². The van der Waals surface area contributed by atoms with Crippen LogP contribution in [0.5, 0.6) is 0 Å². The van der Waals surface area contributed by atoms with E-state index in [0.29, 0.717) is 0 Å². The molecule has 2 unspecified atom stereocenters. The van der Waals surface area contributed by atoms with Gasteiger partial charge in [-0.1, -0.05) is 20.3 Å². The number of nitrogens with zero attached hydrogens (tertiary/aromatic N) is 3. The van der Waals surface area contributed by atoms with E-state index in [4.69, 9.17) is 0 Å². The SMILES string of the molecule is CCC(C)C(C)(O)c1c(Br)cnn1CCN(C)C. The maximum atomic E-state index is 10.8. The summed E-state index contributed by atoms with van der Waals surface area (Å²) < 4.78 is 2.78. The second-order valence-electron chi connectivity index (χ2n) is 5.32. The van der Waals surface area contributed by atoms with E-state index in [1.165, 1.54) is 0 Å². The molecule has 1 heterocycles. The Morgan fingerprint density at radius 2 is 2.17 bits per heavy atom. The summed E-state index contributed by atoms with van der Waals surface area (Å²) in [5.41, 5.74) is 0.00911. The van der Waals surface area contributed by atoms with Crippen molar-refractivity contribution in [2.45, 2.75) is 39.3 Å². The number of likely N-dealkylation sites (N-methyl/N-ethyl adjacent to an activating group) is 1. The smallest absolute Gasteiger partial charge is 0.107 e. The molecule has 1 aromatic heterocycles. The van der Waals surface area contributed by atoms with Gasteiger partial charge in [0, 0.05) is 6.54 Å². The van der Waals surface area contributed by atoms with Gasteiger partial charge in [-0.05, 0) is 42.9 Å². The lowest BCUT2D eigenvalue weighted by Crippen LogP contribution is -2.34. The van der Waals surface area contributed by atoms with Crippen molar-refractivity contribution in [1.82, 2.24) is 14.7 Å². The Bertz CT molecular complexity index is 388. The quantitative estimate of drug-likeness (QED) is 0.876. The summed E-state index contributed by atoms with van der Waals surface area (Å²) >= 11 is 3.50. The van der Waals surface area contributed by atoms with Crippen LogP contribution in [0.4, 0.5) is 0 Å². The maximum Gasteiger partial charge on any atom is 0.107 e. The minimum Gasteiger partial charge on any atom is -0.384 e. The summed E-state index contributed by atoms with van der Waals surface area (Å²) in [7, 11) is 4.07. The topological polar surface area (TPSA) is 41.3 Å². The van der Waals surface area contributed by atoms with E-state index >= 15 is 0 Å². The van der Waals surface area contributed by atoms with Gasteiger partial charge in [-0.15, -0.1) is 0 Å². The van der Waals surface area contributed by atoms with Gasteiger partial charge in [-0.2, -0.15) is 5.10 Å². The zero-order valence-corrected chi connectivity index (χ0v) is 13.5. The van der Waals surface area contributed by atoms with E-state index < -0.39 is 5.60 Å². The zero-order valence-electron chi connectivity index (χ0n) is 11.9. The highest BCUT2D eigenvalue weighted by molar-refractivity contribution is 9.10. The Morgan fingerprint density at radius 1 is 1.56 bits per heavy atom. The van der Waals surface area contributed by atoms with Crippen LogP contribution in [0.3, 0.4) is 0 Å². The molecule has 0 aliphatic heterocycles. The molecule has 0 aliphatic carbocycles. The van der Waals surface area contributed by atoms with E-state index in [2.05, 4.69) is 39.8 Å². The number of halogens is 1. The van der Waals surface area contributed by atoms with Gasteiger partial charge in [0.1, 0.15) is 5.60 Å². The van der Waals surface area contributed by atoms with Crippen molar-refractivity contribution in [3.8, 4) is 0 Å². The van der Waals surface area contributed by atoms with Crippen molar-refractivity contribution in [3.63, 3.8) is 0 Å². The molecule has 0 bridgehead atoms. The molecule has 2 atom stereocenters. The third-order valence-corrected chi connectivity index (χ3v) is 4.19. The molecule has 0 fully saturated rings. The molecule has 1 aromatic rings. The Morgan fingerprint density at radius 3 is 2.67 bits per heavy atom. The zero-order chi connectivity index (χ0) is 13.9. The highest BCUT2D eigenvalue weighted by atomic mass is 79.9. The fourth-order valence-electron chi connectivity index (χ4n) is 1.96. The van der Waals surface area contributed by atoms with E-state index in [9.17, 15) is 5.11 Å². The van der Waals surface area contributed by atoms with E-state index in [0.717, 1.165) is 29.7 Å². The van der Waals surface area contributed by atoms with Crippen LogP contribution in [0.25, 0.3) is 0 Å². The number of hydrogen-bond donors (Lipinski definition) is 1. The molecule has 1 N–H and O–H groups in total. The number of hydrogen-bond acceptors (Lipinski definition) is 3. The number of rotatable bonds is 6. The average Bonchev–Trinajstić information content (AvgIpc) is 2.67. The second kappa shape index (κ2) is 6.17. The summed E-state index contributed by atoms with van der Waals surface area (Å²) in [4.78, 5) is 2.11. The Hall–Kier alpha value is -0.390. The van der Waals surface area contributed by atoms with Gasteiger partial charge < -0.3 is 10.0 Å². The summed E-state index contributed by atoms with van der Waals surface area (Å²) in [6, 6.07) is 0. The third kappa shape index (κ3) is 3.33. The van der Waals surface area contributed by atoms with Crippen molar-refractivity contribution >= 4 is 15.9 Å². The normalized spacial score (nSPS) is 16.9. The molecule has 0 saturated heterocycles. The van der Waals surface area contributed by atoms with Gasteiger partial charge in [0.25, 0.3) is 0 Å². The lowest BCUT2D eigenvalue weighted by atomic mass is 9.86. The van der Waals surface area contributed by atoms with Crippen LogP contribution in [0.1, 0.15) is 32.9 Å². The van der Waals surface area contributed by atoms with Gasteiger partial charge >= 0.3 is 0 Å². The third-order valence-electron chi connectivity index (χ3n) is 3.61. The van der Waals surface area contributed by atoms with E-state index in [1.54, 1.807) is 6.20 Å². The molecular formula is C13H24BrN3O. The van der Waals surface area contributed by atoms with Crippen LogP contribution in [0, 0.1) is 5.92 Å². The van der Waals surface area contributed by atoms with Gasteiger partial charge in [0.2, 0.25) is 0 Å². The minimum absolute atomic E-state index is 0.184. The molecule has 5 heteroatoms. The molecule has 4 nitrogen and oxygen atoms in total. The minimum atomic E-state index is -0.865. The largest absolute Gasteiger partial charge is 0.384 e. The molecule has 0 aliphatic rings. The molecule has 104 valence electrons. The first-order valence-corrected chi connectivity index (χ1v) is 7.18. The highest BCUT2D eigenvalue weighted by Gasteiger charge is 2.34. The lowest BCUT2D eigenvalue weighted by Gasteiger charge is -2.31. The van der Waals surface area contributed by atoms with Crippen LogP contribution in [-0.2, 0) is 12.1 Å². The maximum absolute atomic E-state index is 10.8. The predicted molar refractivity (Wildman–Crippen MR) is 77.5 cm³/mol. The lowest BCUT2D eigenvalue weighted by molar-refractivity contribution is -0.00918. The van der Waals surface area contributed by atoms with Crippen LogP contribution >= 0.6 is 15.9 Å². The summed E-state index contributed by atoms with van der Waals surface area (Å²) in [5.74, 6) is 0.184. The van der Waals surface area contributed by atoms with Gasteiger partial charge in [0.15, 0.2) is 0 Å². The first-order valence-electron chi connectivity index (χ1n) is 6.39. The van der Waals surface area contributed by atoms with Crippen LogP contribution in [0.2, 0.25) is 0 Å². The number of aromatic nitrogens is 2. The van der Waals surface area contributed by atoms with Gasteiger partial charge in [-0.3, -0.25) is 4.68 Å². The molecule has 0 aromatic carbocycles. The van der Waals surface area contributed by atoms with Crippen molar-refractivity contribution in [3.05, 3.63) is 16.4 Å². The fraction of sp³-hybridized carbons (Fsp3) is 0.769. The monoisotopic (exact) mass is 317 g/mol. The van der Waals surface area contributed by atoms with Crippen molar-refractivity contribution < 1.29 is 5.11 Å². The molecule has 0 saturated carbocycles. The first-order chi connectivity index (χ1) is 8.30. The highest BCUT2D eigenvalue weighted by Crippen LogP contribution is 2.35. The van der Waals surface area contributed by atoms with Crippen molar-refractivity contribution in [1.29, 1.82) is 0 Å². The molecular weight excluding hydrogens is 294 g/mol. The predicted octanol–water partition coefficient (Wildman–Crippen LogP) is 2.46. The van der Waals surface area contributed by atoms with Crippen LogP contribution < -0.4 is 0 Å². The van der Waals surface area contributed by atoms with Gasteiger partial charge in [-0.25, -0.2) is 0 Å². The Kier molecular flexibility index (Phi) is 5.37. The fourth-order valence-corrected chi connectivity index (χ4v) is 2.66. The molecule has 0 radical (unpaired) electrons. The Labute approximate surface area is 118 Å². The van der Waals surface area contributed by atoms with Crippen molar-refractivity contribution in [2.24, 2.45) is 5.92 Å². The molecule has 1 rings (SSSR count). The van der Waals surface area contributed by atoms with E-state index in [-0.39, 0.29) is 5.92 Å². The summed E-state index contributed by atoms with van der Waals surface area (Å²) in [6.07, 6.45) is 2.69. The second-order valence-corrected chi connectivity index (χ2v) is 6.18. The summed E-state index contributed by atoms with van der Waals surface area (Å²) in [6.45, 7) is 7.70. The first kappa shape index (κ1) is 15.7. The Balaban J connectivity index is 3.03. The number of aliphatic hydroxyl groups is 1. The van der Waals surface area contributed by atoms with Gasteiger partial charge in [0.05, 0.1) is 22.9 Å². The average molecular weight is 318 g/mol. The summed E-state index contributed by atoms with van der Waals surface area (Å²) in [5, 5.41) is 15.1. The van der Waals surface area contributed by atoms with Crippen molar-refractivity contribution in [2.75, 3.05) is 20.6 Å². The standard InChI is InChI=1S/C13H24BrN3O/c1-6-10(2)13(3,18)12-11(14)9-15-17(12)8-7-16(4)5/h9-10,18H,6-8H2,1-5H3. The molecule has 0 spiro atoms. The molecule has 18 heavy (non-hydrogen) atoms. The molecule has 0 amide bonds.